The molecule has 0 spiro atoms. The lowest BCUT2D eigenvalue weighted by Crippen LogP contribution is -2.38. The van der Waals surface area contributed by atoms with Gasteiger partial charge in [0.15, 0.2) is 0 Å². The Morgan fingerprint density at radius 1 is 0.622 bits per heavy atom. The van der Waals surface area contributed by atoms with Crippen molar-refractivity contribution in [2.45, 2.75) is 116 Å². The van der Waals surface area contributed by atoms with Gasteiger partial charge in [-0.25, -0.2) is 0 Å². The minimum Gasteiger partial charge on any atom is -0.399 e. The minimum absolute atomic E-state index is 0.0337. The summed E-state index contributed by atoms with van der Waals surface area (Å²) in [5.41, 5.74) is 24.9. The molecule has 238 valence electrons. The molecule has 4 aromatic rings. The maximum atomic E-state index is 6.08. The third-order valence-corrected chi connectivity index (χ3v) is 11.1. The third kappa shape index (κ3) is 7.16. The molecular formula is C43H56N2. The Labute approximate surface area is 273 Å². The number of rotatable bonds is 12. The molecule has 1 saturated carbocycles. The molecule has 1 aliphatic carbocycles. The summed E-state index contributed by atoms with van der Waals surface area (Å²) in [6.07, 6.45) is 13.1. The number of hydrogen-bond acceptors (Lipinski definition) is 2. The molecule has 0 saturated heterocycles. The van der Waals surface area contributed by atoms with Crippen LogP contribution < -0.4 is 11.5 Å². The molecule has 0 amide bonds. The van der Waals surface area contributed by atoms with Crippen molar-refractivity contribution in [1.29, 1.82) is 0 Å². The van der Waals surface area contributed by atoms with E-state index in [0.29, 0.717) is 17.8 Å². The van der Waals surface area contributed by atoms with Gasteiger partial charge in [-0.3, -0.25) is 0 Å². The van der Waals surface area contributed by atoms with Gasteiger partial charge in [0.25, 0.3) is 0 Å². The highest BCUT2D eigenvalue weighted by molar-refractivity contribution is 5.50. The molecular weight excluding hydrogens is 544 g/mol. The highest BCUT2D eigenvalue weighted by Gasteiger charge is 2.42. The van der Waals surface area contributed by atoms with Crippen LogP contribution in [-0.4, -0.2) is 0 Å². The summed E-state index contributed by atoms with van der Waals surface area (Å²) in [4.78, 5) is 0. The largest absolute Gasteiger partial charge is 0.399 e. The third-order valence-electron chi connectivity index (χ3n) is 11.1. The van der Waals surface area contributed by atoms with Crippen LogP contribution in [0.15, 0.2) is 84.9 Å². The number of benzene rings is 4. The zero-order valence-electron chi connectivity index (χ0n) is 28.5. The molecule has 1 aliphatic rings. The van der Waals surface area contributed by atoms with Crippen LogP contribution in [0.3, 0.4) is 0 Å². The van der Waals surface area contributed by atoms with E-state index < -0.39 is 0 Å². The first-order chi connectivity index (χ1) is 21.7. The Kier molecular flexibility index (Phi) is 10.7. The van der Waals surface area contributed by atoms with Gasteiger partial charge in [-0.15, -0.1) is 0 Å². The second-order valence-corrected chi connectivity index (χ2v) is 14.0. The lowest BCUT2D eigenvalue weighted by atomic mass is 9.59. The highest BCUT2D eigenvalue weighted by Crippen LogP contribution is 2.50. The summed E-state index contributed by atoms with van der Waals surface area (Å²) in [7, 11) is 0. The first kappa shape index (κ1) is 32.9. The van der Waals surface area contributed by atoms with E-state index in [1.165, 1.54) is 109 Å². The molecule has 2 heteroatoms. The van der Waals surface area contributed by atoms with Crippen LogP contribution in [0.4, 0.5) is 11.4 Å². The molecule has 2 nitrogen and oxygen atoms in total. The van der Waals surface area contributed by atoms with Gasteiger partial charge in [0.1, 0.15) is 0 Å². The lowest BCUT2D eigenvalue weighted by molar-refractivity contribution is 0.220. The SMILES string of the molecule is CCCCCCC(c1ccc(C(C)c2ccc(N)cc2C)cc1)(c1ccc(C(C)c2ccc(N)cc2C)cc1)C1CCCCC1. The fourth-order valence-electron chi connectivity index (χ4n) is 8.42. The van der Waals surface area contributed by atoms with Gasteiger partial charge in [-0.1, -0.05) is 126 Å². The number of aryl methyl sites for hydroxylation is 2. The molecule has 0 bridgehead atoms. The number of nitrogen functional groups attached to an aromatic ring is 2. The average Bonchev–Trinajstić information content (AvgIpc) is 3.05. The fourth-order valence-corrected chi connectivity index (χ4v) is 8.42. The smallest absolute Gasteiger partial charge is 0.0316 e. The first-order valence-electron chi connectivity index (χ1n) is 17.7. The van der Waals surface area contributed by atoms with E-state index in [2.05, 4.69) is 107 Å². The van der Waals surface area contributed by atoms with E-state index in [-0.39, 0.29) is 5.41 Å². The van der Waals surface area contributed by atoms with E-state index in [9.17, 15) is 0 Å². The second-order valence-electron chi connectivity index (χ2n) is 14.0. The summed E-state index contributed by atoms with van der Waals surface area (Å²) in [5, 5.41) is 0. The van der Waals surface area contributed by atoms with Gasteiger partial charge in [0.05, 0.1) is 0 Å². The molecule has 5 rings (SSSR count). The van der Waals surface area contributed by atoms with E-state index in [1.807, 2.05) is 12.1 Å². The van der Waals surface area contributed by atoms with Crippen LogP contribution >= 0.6 is 0 Å². The quantitative estimate of drug-likeness (QED) is 0.125. The van der Waals surface area contributed by atoms with Crippen molar-refractivity contribution in [3.63, 3.8) is 0 Å². The van der Waals surface area contributed by atoms with Gasteiger partial charge in [0, 0.05) is 28.6 Å². The number of hydrogen-bond donors (Lipinski definition) is 2. The summed E-state index contributed by atoms with van der Waals surface area (Å²) < 4.78 is 0. The Morgan fingerprint density at radius 3 is 1.51 bits per heavy atom. The molecule has 4 aromatic carbocycles. The topological polar surface area (TPSA) is 52.0 Å². The van der Waals surface area contributed by atoms with Gasteiger partial charge in [-0.2, -0.15) is 0 Å². The minimum atomic E-state index is 0.0337. The van der Waals surface area contributed by atoms with Crippen molar-refractivity contribution in [3.8, 4) is 0 Å². The van der Waals surface area contributed by atoms with E-state index in [1.54, 1.807) is 0 Å². The summed E-state index contributed by atoms with van der Waals surface area (Å²) in [6.45, 7) is 11.3. The zero-order valence-corrected chi connectivity index (χ0v) is 28.5. The summed E-state index contributed by atoms with van der Waals surface area (Å²) in [6, 6.07) is 32.3. The van der Waals surface area contributed by atoms with Gasteiger partial charge in [0.2, 0.25) is 0 Å². The van der Waals surface area contributed by atoms with Crippen LogP contribution in [-0.2, 0) is 5.41 Å². The van der Waals surface area contributed by atoms with Crippen molar-refractivity contribution in [1.82, 2.24) is 0 Å². The molecule has 0 aliphatic heterocycles. The van der Waals surface area contributed by atoms with Crippen molar-refractivity contribution >= 4 is 11.4 Å². The van der Waals surface area contributed by atoms with E-state index in [4.69, 9.17) is 11.5 Å². The first-order valence-corrected chi connectivity index (χ1v) is 17.7. The lowest BCUT2D eigenvalue weighted by Gasteiger charge is -2.45. The Bertz CT molecular complexity index is 1420. The summed E-state index contributed by atoms with van der Waals surface area (Å²) in [5.74, 6) is 1.31. The molecule has 45 heavy (non-hydrogen) atoms. The van der Waals surface area contributed by atoms with Crippen molar-refractivity contribution in [3.05, 3.63) is 129 Å². The van der Waals surface area contributed by atoms with Gasteiger partial charge >= 0.3 is 0 Å². The van der Waals surface area contributed by atoms with Crippen molar-refractivity contribution in [2.75, 3.05) is 11.5 Å². The Morgan fingerprint density at radius 2 is 1.09 bits per heavy atom. The van der Waals surface area contributed by atoms with Crippen molar-refractivity contribution in [2.24, 2.45) is 5.92 Å². The van der Waals surface area contributed by atoms with Crippen LogP contribution in [0.25, 0.3) is 0 Å². The monoisotopic (exact) mass is 600 g/mol. The summed E-state index contributed by atoms with van der Waals surface area (Å²) >= 11 is 0. The molecule has 0 heterocycles. The number of nitrogens with two attached hydrogens (primary N) is 2. The van der Waals surface area contributed by atoms with E-state index in [0.717, 1.165) is 11.4 Å². The predicted octanol–water partition coefficient (Wildman–Crippen LogP) is 11.6. The average molecular weight is 601 g/mol. The second kappa shape index (κ2) is 14.7. The maximum absolute atomic E-state index is 6.08. The van der Waals surface area contributed by atoms with Crippen LogP contribution in [0.2, 0.25) is 0 Å². The van der Waals surface area contributed by atoms with Crippen LogP contribution in [0.5, 0.6) is 0 Å². The number of anilines is 2. The van der Waals surface area contributed by atoms with Crippen molar-refractivity contribution < 1.29 is 0 Å². The van der Waals surface area contributed by atoms with Crippen LogP contribution in [0.1, 0.15) is 141 Å². The fraction of sp³-hybridized carbons (Fsp3) is 0.442. The van der Waals surface area contributed by atoms with Gasteiger partial charge < -0.3 is 11.5 Å². The van der Waals surface area contributed by atoms with Gasteiger partial charge in [-0.05, 0) is 108 Å². The number of unbranched alkanes of at least 4 members (excludes halogenated alkanes) is 3. The Hall–Kier alpha value is -3.52. The van der Waals surface area contributed by atoms with E-state index >= 15 is 0 Å². The molecule has 0 aromatic heterocycles. The molecule has 4 N–H and O–H groups in total. The highest BCUT2D eigenvalue weighted by atomic mass is 14.5. The predicted molar refractivity (Wildman–Crippen MR) is 195 cm³/mol. The standard InChI is InChI=1S/C43H56N2/c1-6-7-8-12-27-43(36-13-10-9-11-14-36,37-19-15-34(16-20-37)32(4)41-25-23-39(44)28-30(41)2)38-21-17-35(18-22-38)33(5)42-26-24-40(45)29-31(42)3/h15-26,28-29,32-33,36H,6-14,27,44-45H2,1-5H3. The zero-order chi connectivity index (χ0) is 32.0. The Balaban J connectivity index is 1.55. The van der Waals surface area contributed by atoms with Crippen LogP contribution in [0, 0.1) is 19.8 Å². The maximum Gasteiger partial charge on any atom is 0.0316 e. The molecule has 2 unspecified atom stereocenters. The normalized spacial score (nSPS) is 16.6. The molecule has 2 atom stereocenters. The molecule has 0 radical (unpaired) electrons. The molecule has 1 fully saturated rings.